The molecular formula is C17H23F3N2O. The lowest BCUT2D eigenvalue weighted by Crippen LogP contribution is -2.28. The average molecular weight is 328 g/mol. The fourth-order valence-corrected chi connectivity index (χ4v) is 2.82. The molecule has 1 heterocycles. The van der Waals surface area contributed by atoms with Gasteiger partial charge in [0.25, 0.3) is 0 Å². The van der Waals surface area contributed by atoms with E-state index in [9.17, 15) is 18.0 Å². The van der Waals surface area contributed by atoms with E-state index < -0.39 is 12.6 Å². The van der Waals surface area contributed by atoms with Crippen molar-refractivity contribution < 1.29 is 18.0 Å². The summed E-state index contributed by atoms with van der Waals surface area (Å²) in [4.78, 5) is 12.0. The molecule has 1 aromatic carbocycles. The number of amides is 1. The molecule has 1 aromatic rings. The molecule has 1 aliphatic rings. The highest BCUT2D eigenvalue weighted by Gasteiger charge is 2.26. The Hall–Kier alpha value is -1.56. The van der Waals surface area contributed by atoms with Gasteiger partial charge < -0.3 is 10.6 Å². The van der Waals surface area contributed by atoms with Crippen molar-refractivity contribution in [3.8, 4) is 0 Å². The lowest BCUT2D eigenvalue weighted by Gasteiger charge is -2.22. The first kappa shape index (κ1) is 17.8. The quantitative estimate of drug-likeness (QED) is 0.831. The second kappa shape index (κ2) is 8.34. The smallest absolute Gasteiger partial charge is 0.326 e. The van der Waals surface area contributed by atoms with E-state index in [-0.39, 0.29) is 12.3 Å². The number of carbonyl (C=O) groups excluding carboxylic acids is 1. The van der Waals surface area contributed by atoms with E-state index >= 15 is 0 Å². The molecule has 0 aliphatic carbocycles. The van der Waals surface area contributed by atoms with Crippen molar-refractivity contribution in [2.45, 2.75) is 44.7 Å². The summed E-state index contributed by atoms with van der Waals surface area (Å²) in [5.74, 6) is 0.511. The van der Waals surface area contributed by atoms with Crippen molar-refractivity contribution in [1.82, 2.24) is 5.32 Å². The lowest BCUT2D eigenvalue weighted by atomic mass is 9.93. The predicted molar refractivity (Wildman–Crippen MR) is 84.3 cm³/mol. The van der Waals surface area contributed by atoms with Gasteiger partial charge in [0.05, 0.1) is 0 Å². The summed E-state index contributed by atoms with van der Waals surface area (Å²) < 4.78 is 36.8. The van der Waals surface area contributed by atoms with Gasteiger partial charge >= 0.3 is 6.18 Å². The largest absolute Gasteiger partial charge is 0.389 e. The van der Waals surface area contributed by atoms with Crippen LogP contribution >= 0.6 is 0 Å². The van der Waals surface area contributed by atoms with E-state index in [1.165, 1.54) is 0 Å². The molecule has 0 bridgehead atoms. The van der Waals surface area contributed by atoms with E-state index in [1.54, 1.807) is 24.3 Å². The first-order valence-electron chi connectivity index (χ1n) is 8.08. The molecule has 0 saturated carbocycles. The Balaban J connectivity index is 1.78. The minimum atomic E-state index is -4.16. The number of rotatable bonds is 6. The van der Waals surface area contributed by atoms with Gasteiger partial charge in [0.2, 0.25) is 5.91 Å². The molecule has 0 unspecified atom stereocenters. The zero-order valence-corrected chi connectivity index (χ0v) is 13.1. The molecule has 1 fully saturated rings. The number of aryl methyl sites for hydroxylation is 1. The number of alkyl halides is 3. The highest BCUT2D eigenvalue weighted by molar-refractivity contribution is 5.90. The molecule has 0 aromatic heterocycles. The Kier molecular flexibility index (Phi) is 6.45. The van der Waals surface area contributed by atoms with Gasteiger partial charge in [-0.3, -0.25) is 4.79 Å². The van der Waals surface area contributed by atoms with Gasteiger partial charge in [-0.2, -0.15) is 13.2 Å². The van der Waals surface area contributed by atoms with Crippen LogP contribution in [0.15, 0.2) is 24.3 Å². The molecular weight excluding hydrogens is 305 g/mol. The molecule has 1 aliphatic heterocycles. The van der Waals surface area contributed by atoms with E-state index in [0.29, 0.717) is 23.6 Å². The number of carbonyl (C=O) groups is 1. The fraction of sp³-hybridized carbons (Fsp3) is 0.588. The summed E-state index contributed by atoms with van der Waals surface area (Å²) in [7, 11) is 0. The van der Waals surface area contributed by atoms with Crippen molar-refractivity contribution >= 4 is 11.6 Å². The van der Waals surface area contributed by atoms with Crippen LogP contribution in [0.25, 0.3) is 0 Å². The average Bonchev–Trinajstić information content (AvgIpc) is 2.52. The van der Waals surface area contributed by atoms with Crippen molar-refractivity contribution in [2.75, 3.05) is 18.4 Å². The van der Waals surface area contributed by atoms with Crippen LogP contribution in [0.3, 0.4) is 0 Å². The molecule has 0 spiro atoms. The number of halogens is 3. The number of hydrogen-bond donors (Lipinski definition) is 2. The fourth-order valence-electron chi connectivity index (χ4n) is 2.82. The molecule has 2 N–H and O–H groups in total. The molecule has 0 radical (unpaired) electrons. The Labute approximate surface area is 134 Å². The van der Waals surface area contributed by atoms with Gasteiger partial charge in [0.15, 0.2) is 0 Å². The molecule has 2 rings (SSSR count). The van der Waals surface area contributed by atoms with Gasteiger partial charge in [-0.1, -0.05) is 12.1 Å². The second-order valence-electron chi connectivity index (χ2n) is 6.10. The SMILES string of the molecule is O=C(CCC1CCNCC1)Nc1cccc(CCC(F)(F)F)c1. The number of hydrogen-bond acceptors (Lipinski definition) is 2. The first-order chi connectivity index (χ1) is 10.9. The monoisotopic (exact) mass is 328 g/mol. The summed E-state index contributed by atoms with van der Waals surface area (Å²) in [6, 6.07) is 6.65. The highest BCUT2D eigenvalue weighted by atomic mass is 19.4. The third kappa shape index (κ3) is 7.03. The van der Waals surface area contributed by atoms with Gasteiger partial charge in [0.1, 0.15) is 0 Å². The Bertz CT molecular complexity index is 511. The first-order valence-corrected chi connectivity index (χ1v) is 8.08. The molecule has 23 heavy (non-hydrogen) atoms. The Morgan fingerprint density at radius 3 is 2.70 bits per heavy atom. The number of nitrogens with one attached hydrogen (secondary N) is 2. The van der Waals surface area contributed by atoms with E-state index in [4.69, 9.17) is 0 Å². The third-order valence-electron chi connectivity index (χ3n) is 4.15. The summed E-state index contributed by atoms with van der Waals surface area (Å²) in [5, 5.41) is 6.07. The standard InChI is InChI=1S/C17H23F3N2O/c18-17(19,20)9-6-14-2-1-3-15(12-14)22-16(23)5-4-13-7-10-21-11-8-13/h1-3,12-13,21H,4-11H2,(H,22,23). The molecule has 1 saturated heterocycles. The van der Waals surface area contributed by atoms with Crippen molar-refractivity contribution in [2.24, 2.45) is 5.92 Å². The zero-order valence-electron chi connectivity index (χ0n) is 13.1. The van der Waals surface area contributed by atoms with Crippen molar-refractivity contribution in [3.63, 3.8) is 0 Å². The minimum Gasteiger partial charge on any atom is -0.326 e. The zero-order chi connectivity index (χ0) is 16.7. The van der Waals surface area contributed by atoms with Crippen LogP contribution < -0.4 is 10.6 Å². The van der Waals surface area contributed by atoms with Gasteiger partial charge in [-0.05, 0) is 62.4 Å². The lowest BCUT2D eigenvalue weighted by molar-refractivity contribution is -0.134. The molecule has 1 amide bonds. The van der Waals surface area contributed by atoms with Crippen LogP contribution in [0.1, 0.15) is 37.7 Å². The molecule has 128 valence electrons. The summed E-state index contributed by atoms with van der Waals surface area (Å²) in [5.41, 5.74) is 1.15. The van der Waals surface area contributed by atoms with E-state index in [2.05, 4.69) is 10.6 Å². The maximum atomic E-state index is 12.3. The van der Waals surface area contributed by atoms with Gasteiger partial charge in [0, 0.05) is 18.5 Å². The topological polar surface area (TPSA) is 41.1 Å². The molecule has 6 heteroatoms. The normalized spacial score (nSPS) is 16.3. The maximum Gasteiger partial charge on any atom is 0.389 e. The Morgan fingerprint density at radius 2 is 2.00 bits per heavy atom. The van der Waals surface area contributed by atoms with Crippen molar-refractivity contribution in [1.29, 1.82) is 0 Å². The molecule has 0 atom stereocenters. The summed E-state index contributed by atoms with van der Waals surface area (Å²) in [6.45, 7) is 2.01. The van der Waals surface area contributed by atoms with Gasteiger partial charge in [-0.15, -0.1) is 0 Å². The summed E-state index contributed by atoms with van der Waals surface area (Å²) in [6.07, 6.45) is -1.56. The second-order valence-corrected chi connectivity index (χ2v) is 6.10. The number of piperidine rings is 1. The number of anilines is 1. The highest BCUT2D eigenvalue weighted by Crippen LogP contribution is 2.23. The van der Waals surface area contributed by atoms with Gasteiger partial charge in [-0.25, -0.2) is 0 Å². The van der Waals surface area contributed by atoms with Crippen LogP contribution in [-0.4, -0.2) is 25.2 Å². The van der Waals surface area contributed by atoms with Crippen LogP contribution in [0.2, 0.25) is 0 Å². The Morgan fingerprint density at radius 1 is 1.26 bits per heavy atom. The summed E-state index contributed by atoms with van der Waals surface area (Å²) >= 11 is 0. The van der Waals surface area contributed by atoms with Crippen LogP contribution in [0, 0.1) is 5.92 Å². The third-order valence-corrected chi connectivity index (χ3v) is 4.15. The van der Waals surface area contributed by atoms with E-state index in [1.807, 2.05) is 0 Å². The van der Waals surface area contributed by atoms with Crippen molar-refractivity contribution in [3.05, 3.63) is 29.8 Å². The van der Waals surface area contributed by atoms with Crippen LogP contribution in [-0.2, 0) is 11.2 Å². The maximum absolute atomic E-state index is 12.3. The predicted octanol–water partition coefficient (Wildman–Crippen LogP) is 3.90. The molecule has 3 nitrogen and oxygen atoms in total. The van der Waals surface area contributed by atoms with Crippen LogP contribution in [0.4, 0.5) is 18.9 Å². The minimum absolute atomic E-state index is 0.0672. The van der Waals surface area contributed by atoms with E-state index in [0.717, 1.165) is 32.4 Å². The number of benzene rings is 1. The van der Waals surface area contributed by atoms with Crippen LogP contribution in [0.5, 0.6) is 0 Å².